The molecule has 2 aromatic carbocycles. The van der Waals surface area contributed by atoms with Crippen molar-refractivity contribution in [3.05, 3.63) is 69.3 Å². The Labute approximate surface area is 125 Å². The molecule has 2 aromatic rings. The van der Waals surface area contributed by atoms with Crippen molar-refractivity contribution in [2.75, 3.05) is 0 Å². The summed E-state index contributed by atoms with van der Waals surface area (Å²) in [6.45, 7) is 10.9. The fraction of sp³-hybridized carbons (Fsp3) is 0.333. The first-order valence-corrected chi connectivity index (χ1v) is 7.61. The zero-order valence-electron chi connectivity index (χ0n) is 12.3. The van der Waals surface area contributed by atoms with Crippen LogP contribution in [0.4, 0.5) is 0 Å². The van der Waals surface area contributed by atoms with E-state index in [0.717, 1.165) is 0 Å². The molecule has 0 fully saturated rings. The van der Waals surface area contributed by atoms with Gasteiger partial charge in [0.15, 0.2) is 0 Å². The van der Waals surface area contributed by atoms with Crippen LogP contribution in [0.3, 0.4) is 0 Å². The summed E-state index contributed by atoms with van der Waals surface area (Å²) in [6.07, 6.45) is 0. The highest BCUT2D eigenvalue weighted by atomic mass is 79.9. The van der Waals surface area contributed by atoms with E-state index in [-0.39, 0.29) is 4.83 Å². The SMILES string of the molecule is Cc1cc(C)c(C(Br)c2c(C)cccc2C)c(C)c1. The third kappa shape index (κ3) is 2.76. The summed E-state index contributed by atoms with van der Waals surface area (Å²) in [4.78, 5) is 0.272. The van der Waals surface area contributed by atoms with Crippen molar-refractivity contribution in [1.29, 1.82) is 0 Å². The van der Waals surface area contributed by atoms with Gasteiger partial charge in [-0.25, -0.2) is 0 Å². The van der Waals surface area contributed by atoms with Gasteiger partial charge in [0.05, 0.1) is 4.83 Å². The van der Waals surface area contributed by atoms with Crippen molar-refractivity contribution in [3.8, 4) is 0 Å². The van der Waals surface area contributed by atoms with E-state index in [9.17, 15) is 0 Å². The summed E-state index contributed by atoms with van der Waals surface area (Å²) >= 11 is 3.92. The quantitative estimate of drug-likeness (QED) is 0.622. The molecule has 0 nitrogen and oxygen atoms in total. The van der Waals surface area contributed by atoms with Crippen LogP contribution in [0.1, 0.15) is 43.8 Å². The lowest BCUT2D eigenvalue weighted by Gasteiger charge is -2.21. The van der Waals surface area contributed by atoms with Gasteiger partial charge in [0.25, 0.3) is 0 Å². The molecule has 0 spiro atoms. The smallest absolute Gasteiger partial charge is 0.0654 e. The summed E-state index contributed by atoms with van der Waals surface area (Å²) in [5.41, 5.74) is 9.56. The maximum atomic E-state index is 3.92. The van der Waals surface area contributed by atoms with Gasteiger partial charge in [0.1, 0.15) is 0 Å². The van der Waals surface area contributed by atoms with Crippen LogP contribution >= 0.6 is 15.9 Å². The molecule has 100 valence electrons. The number of hydrogen-bond donors (Lipinski definition) is 0. The third-order valence-electron chi connectivity index (χ3n) is 3.79. The minimum absolute atomic E-state index is 0.272. The first-order chi connectivity index (χ1) is 8.91. The first-order valence-electron chi connectivity index (χ1n) is 6.69. The number of rotatable bonds is 2. The highest BCUT2D eigenvalue weighted by Crippen LogP contribution is 2.38. The van der Waals surface area contributed by atoms with E-state index < -0.39 is 0 Å². The largest absolute Gasteiger partial charge is 0.0786 e. The van der Waals surface area contributed by atoms with E-state index in [2.05, 4.69) is 80.9 Å². The van der Waals surface area contributed by atoms with Gasteiger partial charge < -0.3 is 0 Å². The van der Waals surface area contributed by atoms with Crippen LogP contribution in [0.15, 0.2) is 30.3 Å². The number of alkyl halides is 1. The molecule has 0 aromatic heterocycles. The van der Waals surface area contributed by atoms with Crippen molar-refractivity contribution in [3.63, 3.8) is 0 Å². The Morgan fingerprint density at radius 2 is 1.16 bits per heavy atom. The maximum Gasteiger partial charge on any atom is 0.0654 e. The summed E-state index contributed by atoms with van der Waals surface area (Å²) in [7, 11) is 0. The molecule has 0 bridgehead atoms. The van der Waals surface area contributed by atoms with Gasteiger partial charge in [0.2, 0.25) is 0 Å². The molecule has 1 heteroatoms. The van der Waals surface area contributed by atoms with E-state index in [0.29, 0.717) is 0 Å². The normalized spacial score (nSPS) is 12.5. The lowest BCUT2D eigenvalue weighted by atomic mass is 9.90. The number of benzene rings is 2. The van der Waals surface area contributed by atoms with Gasteiger partial charge in [0, 0.05) is 0 Å². The van der Waals surface area contributed by atoms with Gasteiger partial charge in [-0.2, -0.15) is 0 Å². The molecule has 19 heavy (non-hydrogen) atoms. The predicted octanol–water partition coefficient (Wildman–Crippen LogP) is 5.71. The molecule has 0 saturated heterocycles. The van der Waals surface area contributed by atoms with Crippen molar-refractivity contribution < 1.29 is 0 Å². The average molecular weight is 317 g/mol. The van der Waals surface area contributed by atoms with Crippen LogP contribution in [0.2, 0.25) is 0 Å². The van der Waals surface area contributed by atoms with E-state index in [1.165, 1.54) is 38.9 Å². The minimum atomic E-state index is 0.272. The highest BCUT2D eigenvalue weighted by Gasteiger charge is 2.18. The van der Waals surface area contributed by atoms with Crippen LogP contribution in [0.25, 0.3) is 0 Å². The van der Waals surface area contributed by atoms with Crippen LogP contribution in [0, 0.1) is 34.6 Å². The second-order valence-corrected chi connectivity index (χ2v) is 6.40. The Hall–Kier alpha value is -1.08. The number of hydrogen-bond acceptors (Lipinski definition) is 0. The van der Waals surface area contributed by atoms with E-state index in [1.54, 1.807) is 0 Å². The lowest BCUT2D eigenvalue weighted by Crippen LogP contribution is -2.03. The Kier molecular flexibility index (Phi) is 4.15. The summed E-state index contributed by atoms with van der Waals surface area (Å²) in [5, 5.41) is 0. The fourth-order valence-corrected chi connectivity index (χ4v) is 4.41. The van der Waals surface area contributed by atoms with Crippen LogP contribution in [-0.4, -0.2) is 0 Å². The molecule has 0 aliphatic carbocycles. The van der Waals surface area contributed by atoms with Crippen molar-refractivity contribution in [1.82, 2.24) is 0 Å². The molecule has 0 radical (unpaired) electrons. The molecule has 0 heterocycles. The molecule has 1 atom stereocenters. The highest BCUT2D eigenvalue weighted by molar-refractivity contribution is 9.09. The van der Waals surface area contributed by atoms with Crippen molar-refractivity contribution in [2.24, 2.45) is 0 Å². The lowest BCUT2D eigenvalue weighted by molar-refractivity contribution is 1.06. The Balaban J connectivity index is 2.60. The van der Waals surface area contributed by atoms with E-state index in [4.69, 9.17) is 0 Å². The number of halogens is 1. The molecule has 0 saturated carbocycles. The molecule has 0 amide bonds. The Morgan fingerprint density at radius 1 is 0.737 bits per heavy atom. The van der Waals surface area contributed by atoms with E-state index in [1.807, 2.05) is 0 Å². The molecule has 2 rings (SSSR count). The Morgan fingerprint density at radius 3 is 1.63 bits per heavy atom. The van der Waals surface area contributed by atoms with Crippen molar-refractivity contribution >= 4 is 15.9 Å². The molecular weight excluding hydrogens is 296 g/mol. The molecular formula is C18H21Br. The van der Waals surface area contributed by atoms with Gasteiger partial charge >= 0.3 is 0 Å². The van der Waals surface area contributed by atoms with Gasteiger partial charge in [-0.1, -0.05) is 51.8 Å². The fourth-order valence-electron chi connectivity index (χ4n) is 2.96. The summed E-state index contributed by atoms with van der Waals surface area (Å²) in [5.74, 6) is 0. The topological polar surface area (TPSA) is 0 Å². The first kappa shape index (κ1) is 14.3. The van der Waals surface area contributed by atoms with Crippen LogP contribution in [0.5, 0.6) is 0 Å². The zero-order valence-corrected chi connectivity index (χ0v) is 13.9. The van der Waals surface area contributed by atoms with Crippen LogP contribution < -0.4 is 0 Å². The Bertz CT molecular complexity index is 568. The standard InChI is InChI=1S/C18H21Br/c1-11-9-14(4)17(15(5)10-11)18(19)16-12(2)7-6-8-13(16)3/h6-10,18H,1-5H3. The molecule has 0 aliphatic heterocycles. The predicted molar refractivity (Wildman–Crippen MR) is 87.3 cm³/mol. The zero-order chi connectivity index (χ0) is 14.2. The average Bonchev–Trinajstić information content (AvgIpc) is 2.26. The monoisotopic (exact) mass is 316 g/mol. The second-order valence-electron chi connectivity index (χ2n) is 5.48. The van der Waals surface area contributed by atoms with Crippen molar-refractivity contribution in [2.45, 2.75) is 39.4 Å². The molecule has 0 aliphatic rings. The molecule has 0 N–H and O–H groups in total. The van der Waals surface area contributed by atoms with E-state index >= 15 is 0 Å². The summed E-state index contributed by atoms with van der Waals surface area (Å²) < 4.78 is 0. The van der Waals surface area contributed by atoms with Gasteiger partial charge in [-0.3, -0.25) is 0 Å². The minimum Gasteiger partial charge on any atom is -0.0786 e. The summed E-state index contributed by atoms with van der Waals surface area (Å²) in [6, 6.07) is 11.0. The van der Waals surface area contributed by atoms with Gasteiger partial charge in [-0.15, -0.1) is 0 Å². The van der Waals surface area contributed by atoms with Gasteiger partial charge in [-0.05, 0) is 68.0 Å². The maximum absolute atomic E-state index is 3.92. The number of aryl methyl sites for hydroxylation is 5. The second kappa shape index (κ2) is 5.50. The van der Waals surface area contributed by atoms with Crippen LogP contribution in [-0.2, 0) is 0 Å². The third-order valence-corrected chi connectivity index (χ3v) is 4.70. The molecule has 1 unspecified atom stereocenters.